The number of fused-ring (bicyclic) bond motifs is 5. The van der Waals surface area contributed by atoms with Crippen molar-refractivity contribution >= 4 is 5.78 Å². The SMILES string of the molecule is COc1c(C)ccc2c1[C@]1(C)CCC3=C(C)C(=O)CC[C@]3(C)[C@@H]1C2. The molecule has 0 N–H and O–H groups in total. The van der Waals surface area contributed by atoms with E-state index in [-0.39, 0.29) is 10.8 Å². The Morgan fingerprint density at radius 1 is 1.08 bits per heavy atom. The molecule has 0 amide bonds. The average Bonchev–Trinajstić information content (AvgIpc) is 2.86. The summed E-state index contributed by atoms with van der Waals surface area (Å²) in [6.07, 6.45) is 5.01. The molecule has 3 aliphatic carbocycles. The van der Waals surface area contributed by atoms with Crippen molar-refractivity contribution in [2.45, 2.75) is 65.2 Å². The highest BCUT2D eigenvalue weighted by Gasteiger charge is 2.57. The van der Waals surface area contributed by atoms with Crippen LogP contribution < -0.4 is 4.74 Å². The lowest BCUT2D eigenvalue weighted by molar-refractivity contribution is -0.117. The lowest BCUT2D eigenvalue weighted by atomic mass is 9.50. The van der Waals surface area contributed by atoms with Crippen LogP contribution in [0.2, 0.25) is 0 Å². The average molecular weight is 324 g/mol. The number of benzene rings is 1. The highest BCUT2D eigenvalue weighted by Crippen LogP contribution is 2.64. The highest BCUT2D eigenvalue weighted by molar-refractivity contribution is 5.96. The van der Waals surface area contributed by atoms with Crippen LogP contribution >= 0.6 is 0 Å². The molecule has 0 spiro atoms. The van der Waals surface area contributed by atoms with Crippen molar-refractivity contribution in [2.24, 2.45) is 11.3 Å². The summed E-state index contributed by atoms with van der Waals surface area (Å²) in [5.74, 6) is 2.04. The highest BCUT2D eigenvalue weighted by atomic mass is 16.5. The van der Waals surface area contributed by atoms with Crippen molar-refractivity contribution in [3.05, 3.63) is 40.0 Å². The minimum atomic E-state index is 0.156. The van der Waals surface area contributed by atoms with Gasteiger partial charge in [0.2, 0.25) is 0 Å². The number of rotatable bonds is 1. The van der Waals surface area contributed by atoms with Gasteiger partial charge in [-0.05, 0) is 67.6 Å². The third-order valence-electron chi connectivity index (χ3n) is 7.50. The minimum absolute atomic E-state index is 0.156. The fourth-order valence-electron chi connectivity index (χ4n) is 6.18. The van der Waals surface area contributed by atoms with Gasteiger partial charge in [0, 0.05) is 17.4 Å². The Balaban J connectivity index is 1.90. The summed E-state index contributed by atoms with van der Waals surface area (Å²) in [7, 11) is 1.80. The summed E-state index contributed by atoms with van der Waals surface area (Å²) in [6.45, 7) is 9.07. The van der Waals surface area contributed by atoms with E-state index in [1.165, 1.54) is 22.3 Å². The predicted octanol–water partition coefficient (Wildman–Crippen LogP) is 4.91. The van der Waals surface area contributed by atoms with E-state index in [0.717, 1.165) is 37.0 Å². The van der Waals surface area contributed by atoms with Crippen molar-refractivity contribution < 1.29 is 9.53 Å². The lowest BCUT2D eigenvalue weighted by Gasteiger charge is -2.53. The van der Waals surface area contributed by atoms with Crippen LogP contribution in [-0.2, 0) is 16.6 Å². The van der Waals surface area contributed by atoms with Crippen LogP contribution in [0.5, 0.6) is 5.75 Å². The molecular weight excluding hydrogens is 296 g/mol. The third-order valence-corrected chi connectivity index (χ3v) is 7.50. The molecule has 1 aromatic rings. The third kappa shape index (κ3) is 1.80. The van der Waals surface area contributed by atoms with Crippen LogP contribution in [0.3, 0.4) is 0 Å². The molecule has 1 aromatic carbocycles. The molecule has 3 atom stereocenters. The Morgan fingerprint density at radius 3 is 2.50 bits per heavy atom. The predicted molar refractivity (Wildman–Crippen MR) is 96.6 cm³/mol. The van der Waals surface area contributed by atoms with Gasteiger partial charge in [0.15, 0.2) is 5.78 Å². The van der Waals surface area contributed by atoms with Crippen molar-refractivity contribution in [2.75, 3.05) is 7.11 Å². The number of ether oxygens (including phenoxy) is 1. The maximum Gasteiger partial charge on any atom is 0.158 e. The Labute approximate surface area is 145 Å². The Kier molecular flexibility index (Phi) is 3.30. The number of hydrogen-bond donors (Lipinski definition) is 0. The van der Waals surface area contributed by atoms with Crippen molar-refractivity contribution in [1.82, 2.24) is 0 Å². The van der Waals surface area contributed by atoms with Gasteiger partial charge >= 0.3 is 0 Å². The lowest BCUT2D eigenvalue weighted by Crippen LogP contribution is -2.47. The summed E-state index contributed by atoms with van der Waals surface area (Å²) in [6, 6.07) is 4.51. The number of ketones is 1. The standard InChI is InChI=1S/C22H28O2/c1-13-6-7-15-12-18-21(3)11-9-17(23)14(2)16(21)8-10-22(18,4)19(15)20(13)24-5/h6-7,18H,8-12H2,1-5H3/t18-,21-,22+/m0/s1. The topological polar surface area (TPSA) is 26.3 Å². The Bertz CT molecular complexity index is 772. The summed E-state index contributed by atoms with van der Waals surface area (Å²) < 4.78 is 5.84. The normalized spacial score (nSPS) is 34.7. The van der Waals surface area contributed by atoms with E-state index >= 15 is 0 Å². The molecular formula is C22H28O2. The second-order valence-corrected chi connectivity index (χ2v) is 8.57. The molecule has 0 heterocycles. The quantitative estimate of drug-likeness (QED) is 0.733. The van der Waals surface area contributed by atoms with Gasteiger partial charge in [-0.15, -0.1) is 0 Å². The van der Waals surface area contributed by atoms with E-state index in [1.807, 2.05) is 0 Å². The smallest absolute Gasteiger partial charge is 0.158 e. The second-order valence-electron chi connectivity index (χ2n) is 8.57. The molecule has 24 heavy (non-hydrogen) atoms. The maximum atomic E-state index is 12.2. The van der Waals surface area contributed by atoms with Crippen LogP contribution in [0.15, 0.2) is 23.3 Å². The number of allylic oxidation sites excluding steroid dienone is 2. The molecule has 1 fully saturated rings. The van der Waals surface area contributed by atoms with Gasteiger partial charge in [-0.3, -0.25) is 4.79 Å². The first-order valence-corrected chi connectivity index (χ1v) is 9.23. The first-order valence-electron chi connectivity index (χ1n) is 9.23. The van der Waals surface area contributed by atoms with E-state index in [1.54, 1.807) is 7.11 Å². The van der Waals surface area contributed by atoms with Crippen molar-refractivity contribution in [1.29, 1.82) is 0 Å². The molecule has 3 aliphatic rings. The van der Waals surface area contributed by atoms with E-state index in [0.29, 0.717) is 18.1 Å². The fourth-order valence-corrected chi connectivity index (χ4v) is 6.18. The molecule has 1 saturated carbocycles. The summed E-state index contributed by atoms with van der Waals surface area (Å²) in [4.78, 5) is 12.2. The first-order chi connectivity index (χ1) is 11.3. The molecule has 0 saturated heterocycles. The molecule has 0 unspecified atom stereocenters. The molecule has 0 radical (unpaired) electrons. The maximum absolute atomic E-state index is 12.2. The van der Waals surface area contributed by atoms with Gasteiger partial charge in [0.25, 0.3) is 0 Å². The van der Waals surface area contributed by atoms with E-state index in [9.17, 15) is 4.79 Å². The zero-order valence-corrected chi connectivity index (χ0v) is 15.6. The fraction of sp³-hybridized carbons (Fsp3) is 0.591. The van der Waals surface area contributed by atoms with E-state index in [4.69, 9.17) is 4.74 Å². The molecule has 0 aliphatic heterocycles. The van der Waals surface area contributed by atoms with Gasteiger partial charge < -0.3 is 4.74 Å². The van der Waals surface area contributed by atoms with Crippen LogP contribution in [0.4, 0.5) is 0 Å². The molecule has 0 bridgehead atoms. The van der Waals surface area contributed by atoms with Crippen LogP contribution in [-0.4, -0.2) is 12.9 Å². The molecule has 4 rings (SSSR count). The number of Topliss-reactive ketones (excluding diaryl/α,β-unsaturated/α-hetero) is 1. The molecule has 2 heteroatoms. The zero-order valence-electron chi connectivity index (χ0n) is 15.6. The van der Waals surface area contributed by atoms with Gasteiger partial charge in [0.05, 0.1) is 7.11 Å². The van der Waals surface area contributed by atoms with Gasteiger partial charge in [-0.1, -0.05) is 31.6 Å². The van der Waals surface area contributed by atoms with Crippen LogP contribution in [0.25, 0.3) is 0 Å². The Hall–Kier alpha value is -1.57. The molecule has 0 aromatic heterocycles. The number of carbonyl (C=O) groups is 1. The van der Waals surface area contributed by atoms with Crippen LogP contribution in [0.1, 0.15) is 63.1 Å². The van der Waals surface area contributed by atoms with Gasteiger partial charge in [-0.2, -0.15) is 0 Å². The summed E-state index contributed by atoms with van der Waals surface area (Å²) in [5, 5.41) is 0. The zero-order chi connectivity index (χ0) is 17.3. The molecule has 2 nitrogen and oxygen atoms in total. The minimum Gasteiger partial charge on any atom is -0.496 e. The van der Waals surface area contributed by atoms with Crippen molar-refractivity contribution in [3.63, 3.8) is 0 Å². The Morgan fingerprint density at radius 2 is 1.79 bits per heavy atom. The summed E-state index contributed by atoms with van der Waals surface area (Å²) >= 11 is 0. The van der Waals surface area contributed by atoms with Gasteiger partial charge in [0.1, 0.15) is 5.75 Å². The largest absolute Gasteiger partial charge is 0.496 e. The molecule has 128 valence electrons. The van der Waals surface area contributed by atoms with Crippen molar-refractivity contribution in [3.8, 4) is 5.75 Å². The van der Waals surface area contributed by atoms with Gasteiger partial charge in [-0.25, -0.2) is 0 Å². The summed E-state index contributed by atoms with van der Waals surface area (Å²) in [5.41, 5.74) is 6.97. The first kappa shape index (κ1) is 15.9. The van der Waals surface area contributed by atoms with Crippen LogP contribution in [0, 0.1) is 18.3 Å². The van der Waals surface area contributed by atoms with E-state index < -0.39 is 0 Å². The number of hydrogen-bond acceptors (Lipinski definition) is 2. The number of aryl methyl sites for hydroxylation is 1. The van der Waals surface area contributed by atoms with E-state index in [2.05, 4.69) is 39.8 Å². The number of carbonyl (C=O) groups excluding carboxylic acids is 1. The number of methoxy groups -OCH3 is 1. The monoisotopic (exact) mass is 324 g/mol. The second kappa shape index (κ2) is 4.97.